The fourth-order valence-electron chi connectivity index (χ4n) is 3.64. The van der Waals surface area contributed by atoms with E-state index in [1.54, 1.807) is 0 Å². The molecule has 0 N–H and O–H groups in total. The van der Waals surface area contributed by atoms with Gasteiger partial charge in [0.2, 0.25) is 0 Å². The second kappa shape index (κ2) is 4.65. The zero-order valence-electron chi connectivity index (χ0n) is 9.84. The van der Waals surface area contributed by atoms with Gasteiger partial charge in [0.15, 0.2) is 0 Å². The Kier molecular flexibility index (Phi) is 3.48. The third-order valence-electron chi connectivity index (χ3n) is 4.41. The molecule has 1 heterocycles. The molecule has 0 bridgehead atoms. The summed E-state index contributed by atoms with van der Waals surface area (Å²) in [6.45, 7) is 3.79. The van der Waals surface area contributed by atoms with E-state index in [0.717, 1.165) is 17.9 Å². The summed E-state index contributed by atoms with van der Waals surface area (Å²) in [4.78, 5) is 2.63. The highest BCUT2D eigenvalue weighted by molar-refractivity contribution is 4.88. The molecule has 2 aliphatic rings. The summed E-state index contributed by atoms with van der Waals surface area (Å²) in [6.07, 6.45) is 10.4. The van der Waals surface area contributed by atoms with Gasteiger partial charge >= 0.3 is 0 Å². The van der Waals surface area contributed by atoms with Crippen LogP contribution < -0.4 is 0 Å². The molecule has 2 rings (SSSR count). The minimum atomic E-state index is 0.910. The van der Waals surface area contributed by atoms with Crippen molar-refractivity contribution in [2.24, 2.45) is 11.8 Å². The third kappa shape index (κ3) is 2.13. The molecule has 1 saturated carbocycles. The zero-order valence-corrected chi connectivity index (χ0v) is 9.84. The van der Waals surface area contributed by atoms with Crippen LogP contribution in [0.3, 0.4) is 0 Å². The lowest BCUT2D eigenvalue weighted by Gasteiger charge is -2.31. The molecule has 0 aromatic carbocycles. The Bertz CT molecular complexity index is 160. The standard InChI is InChI=1S/C13H25N/c1-11-9-10-14(2)13(11)12-7-5-3-4-6-8-12/h11-13H,3-10H2,1-2H3/t11-,13+/m0/s1. The summed E-state index contributed by atoms with van der Waals surface area (Å²) >= 11 is 0. The Morgan fingerprint density at radius 1 is 0.929 bits per heavy atom. The molecule has 0 radical (unpaired) electrons. The van der Waals surface area contributed by atoms with Crippen LogP contribution in [0.2, 0.25) is 0 Å². The first-order valence-corrected chi connectivity index (χ1v) is 6.49. The number of nitrogens with zero attached hydrogens (tertiary/aromatic N) is 1. The molecule has 1 aliphatic carbocycles. The monoisotopic (exact) mass is 195 g/mol. The predicted molar refractivity (Wildman–Crippen MR) is 61.4 cm³/mol. The molecular weight excluding hydrogens is 170 g/mol. The highest BCUT2D eigenvalue weighted by Crippen LogP contribution is 2.35. The molecule has 82 valence electrons. The van der Waals surface area contributed by atoms with Crippen LogP contribution in [0.5, 0.6) is 0 Å². The van der Waals surface area contributed by atoms with Crippen molar-refractivity contribution in [3.63, 3.8) is 0 Å². The predicted octanol–water partition coefficient (Wildman–Crippen LogP) is 3.30. The van der Waals surface area contributed by atoms with Gasteiger partial charge in [-0.25, -0.2) is 0 Å². The summed E-state index contributed by atoms with van der Waals surface area (Å²) in [6, 6.07) is 0.910. The Morgan fingerprint density at radius 3 is 2.07 bits per heavy atom. The maximum absolute atomic E-state index is 2.63. The molecule has 1 heteroatoms. The van der Waals surface area contributed by atoms with Crippen molar-refractivity contribution in [2.75, 3.05) is 13.6 Å². The summed E-state index contributed by atoms with van der Waals surface area (Å²) in [7, 11) is 2.33. The average Bonchev–Trinajstić information content (AvgIpc) is 2.45. The van der Waals surface area contributed by atoms with Crippen LogP contribution in [0.1, 0.15) is 51.9 Å². The van der Waals surface area contributed by atoms with E-state index in [2.05, 4.69) is 18.9 Å². The van der Waals surface area contributed by atoms with E-state index in [-0.39, 0.29) is 0 Å². The van der Waals surface area contributed by atoms with Crippen LogP contribution in [-0.2, 0) is 0 Å². The molecule has 0 spiro atoms. The molecule has 1 aliphatic heterocycles. The van der Waals surface area contributed by atoms with Gasteiger partial charge in [0.25, 0.3) is 0 Å². The Labute approximate surface area is 88.9 Å². The van der Waals surface area contributed by atoms with Gasteiger partial charge < -0.3 is 4.90 Å². The van der Waals surface area contributed by atoms with Crippen molar-refractivity contribution in [3.05, 3.63) is 0 Å². The van der Waals surface area contributed by atoms with Crippen molar-refractivity contribution >= 4 is 0 Å². The number of likely N-dealkylation sites (tertiary alicyclic amines) is 1. The lowest BCUT2D eigenvalue weighted by Crippen LogP contribution is -2.35. The third-order valence-corrected chi connectivity index (χ3v) is 4.41. The first kappa shape index (κ1) is 10.5. The van der Waals surface area contributed by atoms with Gasteiger partial charge in [0.1, 0.15) is 0 Å². The summed E-state index contributed by atoms with van der Waals surface area (Å²) in [5, 5.41) is 0. The first-order valence-electron chi connectivity index (χ1n) is 6.49. The van der Waals surface area contributed by atoms with Crippen molar-refractivity contribution in [1.82, 2.24) is 4.90 Å². The maximum atomic E-state index is 2.63. The van der Waals surface area contributed by atoms with Crippen LogP contribution >= 0.6 is 0 Å². The van der Waals surface area contributed by atoms with Crippen molar-refractivity contribution in [3.8, 4) is 0 Å². The van der Waals surface area contributed by atoms with Crippen molar-refractivity contribution < 1.29 is 0 Å². The van der Waals surface area contributed by atoms with Crippen LogP contribution in [0.4, 0.5) is 0 Å². The molecule has 1 saturated heterocycles. The molecule has 0 aromatic heterocycles. The van der Waals surface area contributed by atoms with Gasteiger partial charge in [0.05, 0.1) is 0 Å². The van der Waals surface area contributed by atoms with E-state index in [1.807, 2.05) is 0 Å². The van der Waals surface area contributed by atoms with E-state index in [9.17, 15) is 0 Å². The second-order valence-corrected chi connectivity index (χ2v) is 5.49. The van der Waals surface area contributed by atoms with Crippen LogP contribution in [0.15, 0.2) is 0 Å². The minimum absolute atomic E-state index is 0.910. The van der Waals surface area contributed by atoms with Gasteiger partial charge in [-0.3, -0.25) is 0 Å². The molecule has 0 amide bonds. The first-order chi connectivity index (χ1) is 6.79. The molecule has 2 fully saturated rings. The van der Waals surface area contributed by atoms with Crippen LogP contribution in [0.25, 0.3) is 0 Å². The molecule has 0 unspecified atom stereocenters. The highest BCUT2D eigenvalue weighted by Gasteiger charge is 2.34. The van der Waals surface area contributed by atoms with Crippen molar-refractivity contribution in [1.29, 1.82) is 0 Å². The van der Waals surface area contributed by atoms with E-state index < -0.39 is 0 Å². The lowest BCUT2D eigenvalue weighted by atomic mass is 9.85. The minimum Gasteiger partial charge on any atom is -0.303 e. The SMILES string of the molecule is C[C@H]1CCN(C)[C@H]1C1CCCCCC1. The second-order valence-electron chi connectivity index (χ2n) is 5.49. The summed E-state index contributed by atoms with van der Waals surface area (Å²) < 4.78 is 0. The van der Waals surface area contributed by atoms with E-state index >= 15 is 0 Å². The number of rotatable bonds is 1. The Morgan fingerprint density at radius 2 is 1.57 bits per heavy atom. The zero-order chi connectivity index (χ0) is 9.97. The fraction of sp³-hybridized carbons (Fsp3) is 1.00. The van der Waals surface area contributed by atoms with Gasteiger partial charge in [0, 0.05) is 6.04 Å². The quantitative estimate of drug-likeness (QED) is 0.580. The van der Waals surface area contributed by atoms with E-state index in [4.69, 9.17) is 0 Å². The lowest BCUT2D eigenvalue weighted by molar-refractivity contribution is 0.180. The van der Waals surface area contributed by atoms with E-state index in [0.29, 0.717) is 0 Å². The largest absolute Gasteiger partial charge is 0.303 e. The number of hydrogen-bond acceptors (Lipinski definition) is 1. The van der Waals surface area contributed by atoms with Gasteiger partial charge in [-0.1, -0.05) is 32.6 Å². The van der Waals surface area contributed by atoms with Gasteiger partial charge in [-0.2, -0.15) is 0 Å². The Hall–Kier alpha value is -0.0400. The molecule has 14 heavy (non-hydrogen) atoms. The summed E-state index contributed by atoms with van der Waals surface area (Å²) in [5.41, 5.74) is 0. The summed E-state index contributed by atoms with van der Waals surface area (Å²) in [5.74, 6) is 1.96. The molecule has 2 atom stereocenters. The molecular formula is C13H25N. The van der Waals surface area contributed by atoms with Crippen LogP contribution in [0, 0.1) is 11.8 Å². The topological polar surface area (TPSA) is 3.24 Å². The van der Waals surface area contributed by atoms with Gasteiger partial charge in [-0.15, -0.1) is 0 Å². The highest BCUT2D eigenvalue weighted by atomic mass is 15.2. The fourth-order valence-corrected chi connectivity index (χ4v) is 3.64. The van der Waals surface area contributed by atoms with E-state index in [1.165, 1.54) is 51.5 Å². The number of hydrogen-bond donors (Lipinski definition) is 0. The molecule has 1 nitrogen and oxygen atoms in total. The van der Waals surface area contributed by atoms with Gasteiger partial charge in [-0.05, 0) is 44.7 Å². The normalized spacial score (nSPS) is 37.3. The van der Waals surface area contributed by atoms with Crippen LogP contribution in [-0.4, -0.2) is 24.5 Å². The smallest absolute Gasteiger partial charge is 0.0147 e. The Balaban J connectivity index is 1.97. The molecule has 0 aromatic rings. The maximum Gasteiger partial charge on any atom is 0.0147 e. The van der Waals surface area contributed by atoms with Crippen molar-refractivity contribution in [2.45, 2.75) is 57.9 Å². The average molecular weight is 195 g/mol.